The van der Waals surface area contributed by atoms with Crippen molar-refractivity contribution in [3.63, 3.8) is 0 Å². The van der Waals surface area contributed by atoms with E-state index in [0.29, 0.717) is 29.9 Å². The van der Waals surface area contributed by atoms with E-state index in [2.05, 4.69) is 12.2 Å². The number of hydrogen-bond acceptors (Lipinski definition) is 5. The number of Topliss-reactive ketones (excluding diaryl/α,β-unsaturated/α-hetero) is 1. The summed E-state index contributed by atoms with van der Waals surface area (Å²) in [5, 5.41) is 3.32. The van der Waals surface area contributed by atoms with Crippen molar-refractivity contribution in [2.75, 3.05) is 13.7 Å². The number of carbonyl (C=O) groups excluding carboxylic acids is 2. The van der Waals surface area contributed by atoms with Gasteiger partial charge in [-0.15, -0.1) is 0 Å². The number of rotatable bonds is 7. The summed E-state index contributed by atoms with van der Waals surface area (Å²) in [7, 11) is 1.61. The fraction of sp³-hybridized carbons (Fsp3) is 0.478. The van der Waals surface area contributed by atoms with Gasteiger partial charge < -0.3 is 14.8 Å². The van der Waals surface area contributed by atoms with Gasteiger partial charge in [-0.2, -0.15) is 0 Å². The molecule has 0 aromatic heterocycles. The van der Waals surface area contributed by atoms with Crippen LogP contribution in [0.4, 0.5) is 0 Å². The Morgan fingerprint density at radius 2 is 2.00 bits per heavy atom. The first kappa shape index (κ1) is 20.2. The highest BCUT2D eigenvalue weighted by Gasteiger charge is 2.40. The lowest BCUT2D eigenvalue weighted by Crippen LogP contribution is -2.34. The molecule has 28 heavy (non-hydrogen) atoms. The third-order valence-electron chi connectivity index (χ3n) is 5.43. The first-order valence-electron chi connectivity index (χ1n) is 10.1. The molecule has 5 heteroatoms. The number of para-hydroxylation sites is 1. The predicted molar refractivity (Wildman–Crippen MR) is 108 cm³/mol. The minimum Gasteiger partial charge on any atom is -0.496 e. The maximum atomic E-state index is 13.0. The molecule has 2 aliphatic rings. The molecule has 150 valence electrons. The van der Waals surface area contributed by atoms with Gasteiger partial charge in [0, 0.05) is 29.0 Å². The molecule has 1 heterocycles. The van der Waals surface area contributed by atoms with E-state index in [-0.39, 0.29) is 11.8 Å². The number of dihydropyridines is 1. The molecule has 0 radical (unpaired) electrons. The highest BCUT2D eigenvalue weighted by Crippen LogP contribution is 2.45. The number of ketones is 1. The molecule has 0 bridgehead atoms. The average molecular weight is 383 g/mol. The van der Waals surface area contributed by atoms with E-state index < -0.39 is 5.92 Å². The molecule has 1 aliphatic heterocycles. The summed E-state index contributed by atoms with van der Waals surface area (Å²) in [5.41, 5.74) is 3.70. The molecule has 0 spiro atoms. The molecule has 1 aromatic carbocycles. The van der Waals surface area contributed by atoms with Crippen molar-refractivity contribution in [3.05, 3.63) is 52.4 Å². The number of carbonyl (C=O) groups is 2. The average Bonchev–Trinajstić information content (AvgIpc) is 2.70. The zero-order valence-corrected chi connectivity index (χ0v) is 17.0. The molecule has 1 atom stereocenters. The Morgan fingerprint density at radius 3 is 2.75 bits per heavy atom. The van der Waals surface area contributed by atoms with Crippen LogP contribution < -0.4 is 10.1 Å². The Balaban J connectivity index is 2.03. The van der Waals surface area contributed by atoms with Crippen LogP contribution in [-0.4, -0.2) is 25.5 Å². The lowest BCUT2D eigenvalue weighted by atomic mass is 9.75. The number of ether oxygens (including phenoxy) is 2. The predicted octanol–water partition coefficient (Wildman–Crippen LogP) is 4.40. The summed E-state index contributed by atoms with van der Waals surface area (Å²) in [6.45, 7) is 4.38. The third-order valence-corrected chi connectivity index (χ3v) is 5.43. The molecular formula is C23H29NO4. The Kier molecular flexibility index (Phi) is 6.55. The first-order valence-corrected chi connectivity index (χ1v) is 10.1. The van der Waals surface area contributed by atoms with Crippen molar-refractivity contribution in [2.24, 2.45) is 0 Å². The minimum atomic E-state index is -0.459. The number of hydrogen-bond donors (Lipinski definition) is 1. The summed E-state index contributed by atoms with van der Waals surface area (Å²) in [6.07, 6.45) is 5.07. The van der Waals surface area contributed by atoms with Crippen LogP contribution in [0.25, 0.3) is 0 Å². The van der Waals surface area contributed by atoms with Crippen molar-refractivity contribution in [1.82, 2.24) is 5.32 Å². The van der Waals surface area contributed by atoms with Crippen molar-refractivity contribution >= 4 is 11.8 Å². The van der Waals surface area contributed by atoms with E-state index in [4.69, 9.17) is 9.47 Å². The van der Waals surface area contributed by atoms with E-state index >= 15 is 0 Å². The SMILES string of the molecule is CCCCCOC(=O)C1=C(C)NC2=C(C(=O)CCC2)[C@@H]1c1ccccc1OC. The van der Waals surface area contributed by atoms with Gasteiger partial charge in [0.2, 0.25) is 0 Å². The zero-order chi connectivity index (χ0) is 20.1. The minimum absolute atomic E-state index is 0.0911. The first-order chi connectivity index (χ1) is 13.6. The van der Waals surface area contributed by atoms with Crippen LogP contribution >= 0.6 is 0 Å². The standard InChI is InChI=1S/C23H29NO4/c1-4-5-8-14-28-23(26)20-15(2)24-17-11-9-12-18(25)22(17)21(20)16-10-6-7-13-19(16)27-3/h6-7,10,13,21,24H,4-5,8-9,11-12,14H2,1-3H3/t21-/m1/s1. The highest BCUT2D eigenvalue weighted by molar-refractivity contribution is 6.04. The van der Waals surface area contributed by atoms with Gasteiger partial charge in [0.05, 0.1) is 25.2 Å². The molecule has 1 aliphatic carbocycles. The van der Waals surface area contributed by atoms with Crippen molar-refractivity contribution in [2.45, 2.75) is 58.3 Å². The van der Waals surface area contributed by atoms with Gasteiger partial charge in [-0.1, -0.05) is 38.0 Å². The normalized spacial score (nSPS) is 19.2. The number of esters is 1. The summed E-state index contributed by atoms with van der Waals surface area (Å²) >= 11 is 0. The number of unbranched alkanes of at least 4 members (excludes halogenated alkanes) is 2. The van der Waals surface area contributed by atoms with E-state index in [9.17, 15) is 9.59 Å². The summed E-state index contributed by atoms with van der Waals surface area (Å²) < 4.78 is 11.1. The molecular weight excluding hydrogens is 354 g/mol. The van der Waals surface area contributed by atoms with Crippen LogP contribution in [0.3, 0.4) is 0 Å². The molecule has 0 unspecified atom stereocenters. The Bertz CT molecular complexity index is 822. The molecule has 0 amide bonds. The Morgan fingerprint density at radius 1 is 1.21 bits per heavy atom. The van der Waals surface area contributed by atoms with Crippen LogP contribution in [0.5, 0.6) is 5.75 Å². The number of allylic oxidation sites excluding steroid dienone is 3. The van der Waals surface area contributed by atoms with Gasteiger partial charge in [0.25, 0.3) is 0 Å². The van der Waals surface area contributed by atoms with Crippen molar-refractivity contribution < 1.29 is 19.1 Å². The number of methoxy groups -OCH3 is 1. The van der Waals surface area contributed by atoms with Gasteiger partial charge in [-0.25, -0.2) is 4.79 Å². The lowest BCUT2D eigenvalue weighted by Gasteiger charge is -2.34. The number of benzene rings is 1. The zero-order valence-electron chi connectivity index (χ0n) is 17.0. The van der Waals surface area contributed by atoms with Gasteiger partial charge in [0.1, 0.15) is 5.75 Å². The maximum Gasteiger partial charge on any atom is 0.336 e. The lowest BCUT2D eigenvalue weighted by molar-refractivity contribution is -0.139. The van der Waals surface area contributed by atoms with Crippen LogP contribution in [-0.2, 0) is 14.3 Å². The number of nitrogens with one attached hydrogen (secondary N) is 1. The molecule has 0 saturated carbocycles. The van der Waals surface area contributed by atoms with Crippen molar-refractivity contribution in [1.29, 1.82) is 0 Å². The van der Waals surface area contributed by atoms with Gasteiger partial charge in [-0.3, -0.25) is 4.79 Å². The van der Waals surface area contributed by atoms with E-state index in [0.717, 1.165) is 49.1 Å². The Hall–Kier alpha value is -2.56. The maximum absolute atomic E-state index is 13.0. The van der Waals surface area contributed by atoms with E-state index in [1.54, 1.807) is 7.11 Å². The monoisotopic (exact) mass is 383 g/mol. The molecule has 5 nitrogen and oxygen atoms in total. The van der Waals surface area contributed by atoms with Crippen LogP contribution in [0, 0.1) is 0 Å². The fourth-order valence-electron chi connectivity index (χ4n) is 4.06. The topological polar surface area (TPSA) is 64.6 Å². The largest absolute Gasteiger partial charge is 0.496 e. The van der Waals surface area contributed by atoms with E-state index in [1.807, 2.05) is 31.2 Å². The molecule has 0 saturated heterocycles. The third kappa shape index (κ3) is 3.98. The van der Waals surface area contributed by atoms with Gasteiger partial charge in [-0.05, 0) is 32.3 Å². The second kappa shape index (κ2) is 9.09. The summed E-state index contributed by atoms with van der Waals surface area (Å²) in [5.74, 6) is -0.0575. The fourth-order valence-corrected chi connectivity index (χ4v) is 4.06. The van der Waals surface area contributed by atoms with Gasteiger partial charge >= 0.3 is 5.97 Å². The smallest absolute Gasteiger partial charge is 0.336 e. The van der Waals surface area contributed by atoms with Gasteiger partial charge in [0.15, 0.2) is 5.78 Å². The van der Waals surface area contributed by atoms with Crippen molar-refractivity contribution in [3.8, 4) is 5.75 Å². The van der Waals surface area contributed by atoms with Crippen LogP contribution in [0.2, 0.25) is 0 Å². The van der Waals surface area contributed by atoms with Crippen LogP contribution in [0.1, 0.15) is 63.9 Å². The Labute approximate surface area is 166 Å². The second-order valence-corrected chi connectivity index (χ2v) is 7.35. The summed E-state index contributed by atoms with van der Waals surface area (Å²) in [6, 6.07) is 7.59. The van der Waals surface area contributed by atoms with E-state index in [1.165, 1.54) is 0 Å². The highest BCUT2D eigenvalue weighted by atomic mass is 16.5. The molecule has 1 aromatic rings. The summed E-state index contributed by atoms with van der Waals surface area (Å²) in [4.78, 5) is 25.9. The molecule has 3 rings (SSSR count). The van der Waals surface area contributed by atoms with Crippen LogP contribution in [0.15, 0.2) is 46.8 Å². The molecule has 1 N–H and O–H groups in total. The second-order valence-electron chi connectivity index (χ2n) is 7.35. The quantitative estimate of drug-likeness (QED) is 0.559. The molecule has 0 fully saturated rings.